The third kappa shape index (κ3) is 3.47. The Labute approximate surface area is 158 Å². The first kappa shape index (κ1) is 17.7. The lowest BCUT2D eigenvalue weighted by Crippen LogP contribution is -2.36. The van der Waals surface area contributed by atoms with Gasteiger partial charge in [-0.2, -0.15) is 5.10 Å². The Morgan fingerprint density at radius 1 is 1.26 bits per heavy atom. The predicted molar refractivity (Wildman–Crippen MR) is 104 cm³/mol. The maximum Gasteiger partial charge on any atom is 0.345 e. The molecule has 0 radical (unpaired) electrons. The Morgan fingerprint density at radius 2 is 2.15 bits per heavy atom. The fraction of sp³-hybridized carbons (Fsp3) is 0.450. The van der Waals surface area contributed by atoms with Gasteiger partial charge in [0.25, 0.3) is 0 Å². The van der Waals surface area contributed by atoms with Crippen LogP contribution < -0.4 is 5.69 Å². The van der Waals surface area contributed by atoms with Gasteiger partial charge in [0.1, 0.15) is 5.82 Å². The van der Waals surface area contributed by atoms with Gasteiger partial charge in [-0.05, 0) is 50.6 Å². The first-order valence-corrected chi connectivity index (χ1v) is 9.60. The van der Waals surface area contributed by atoms with Gasteiger partial charge in [0.2, 0.25) is 0 Å². The molecule has 0 aromatic carbocycles. The number of rotatable bonds is 5. The highest BCUT2D eigenvalue weighted by atomic mass is 16.2. The van der Waals surface area contributed by atoms with E-state index in [0.717, 1.165) is 44.0 Å². The lowest BCUT2D eigenvalue weighted by Gasteiger charge is -2.32. The van der Waals surface area contributed by atoms with Gasteiger partial charge in [0.05, 0.1) is 11.9 Å². The molecule has 142 valence electrons. The SMILES string of the molecule is CCn1c([C@@H]2CCCN(Cc3cccn3-c3cccnc3)C2)nn(C)c1=O. The summed E-state index contributed by atoms with van der Waals surface area (Å²) >= 11 is 0. The van der Waals surface area contributed by atoms with E-state index in [9.17, 15) is 4.79 Å². The average Bonchev–Trinajstić information content (AvgIpc) is 3.27. The molecule has 7 heteroatoms. The predicted octanol–water partition coefficient (Wildman–Crippen LogP) is 2.17. The molecule has 1 fully saturated rings. The number of hydrogen-bond acceptors (Lipinski definition) is 4. The largest absolute Gasteiger partial charge is 0.345 e. The highest BCUT2D eigenvalue weighted by molar-refractivity contribution is 5.32. The number of aromatic nitrogens is 5. The number of aryl methyl sites for hydroxylation is 1. The monoisotopic (exact) mass is 366 g/mol. The molecule has 0 saturated carbocycles. The molecule has 1 atom stereocenters. The van der Waals surface area contributed by atoms with E-state index >= 15 is 0 Å². The van der Waals surface area contributed by atoms with E-state index in [1.165, 1.54) is 10.4 Å². The number of nitrogens with zero attached hydrogens (tertiary/aromatic N) is 6. The number of pyridine rings is 1. The fourth-order valence-corrected chi connectivity index (χ4v) is 4.05. The fourth-order valence-electron chi connectivity index (χ4n) is 4.05. The lowest BCUT2D eigenvalue weighted by atomic mass is 9.97. The normalized spacial score (nSPS) is 18.1. The van der Waals surface area contributed by atoms with Crippen LogP contribution in [0.3, 0.4) is 0 Å². The molecular formula is C20H26N6O. The van der Waals surface area contributed by atoms with E-state index in [2.05, 4.69) is 43.9 Å². The summed E-state index contributed by atoms with van der Waals surface area (Å²) in [6.07, 6.45) is 7.96. The molecule has 3 aromatic rings. The Hall–Kier alpha value is -2.67. The van der Waals surface area contributed by atoms with E-state index in [-0.39, 0.29) is 5.69 Å². The van der Waals surface area contributed by atoms with Crippen molar-refractivity contribution in [2.45, 2.75) is 38.8 Å². The van der Waals surface area contributed by atoms with Gasteiger partial charge >= 0.3 is 5.69 Å². The van der Waals surface area contributed by atoms with Crippen molar-refractivity contribution in [3.8, 4) is 5.69 Å². The number of piperidine rings is 1. The van der Waals surface area contributed by atoms with Crippen LogP contribution in [0.5, 0.6) is 0 Å². The van der Waals surface area contributed by atoms with Gasteiger partial charge in [0, 0.05) is 50.7 Å². The van der Waals surface area contributed by atoms with Crippen molar-refractivity contribution >= 4 is 0 Å². The van der Waals surface area contributed by atoms with Crippen LogP contribution in [0.2, 0.25) is 0 Å². The summed E-state index contributed by atoms with van der Waals surface area (Å²) in [5.74, 6) is 1.23. The van der Waals surface area contributed by atoms with Crippen LogP contribution in [0.4, 0.5) is 0 Å². The molecule has 0 amide bonds. The second kappa shape index (κ2) is 7.52. The molecule has 4 rings (SSSR count). The summed E-state index contributed by atoms with van der Waals surface area (Å²) in [6, 6.07) is 8.28. The van der Waals surface area contributed by atoms with Gasteiger partial charge in [-0.25, -0.2) is 9.48 Å². The van der Waals surface area contributed by atoms with Gasteiger partial charge in [-0.1, -0.05) is 0 Å². The first-order chi connectivity index (χ1) is 13.2. The van der Waals surface area contributed by atoms with Crippen molar-refractivity contribution < 1.29 is 0 Å². The van der Waals surface area contributed by atoms with E-state index in [4.69, 9.17) is 0 Å². The standard InChI is InChI=1S/C20H26N6O/c1-3-25-19(22-23(2)20(25)27)16-7-5-11-24(14-16)15-18-9-6-12-26(18)17-8-4-10-21-13-17/h4,6,8-10,12-13,16H,3,5,7,11,14-15H2,1-2H3/t16-/m1/s1. The van der Waals surface area contributed by atoms with Crippen molar-refractivity contribution in [2.75, 3.05) is 13.1 Å². The Morgan fingerprint density at radius 3 is 2.93 bits per heavy atom. The Balaban J connectivity index is 1.53. The summed E-state index contributed by atoms with van der Waals surface area (Å²) in [5.41, 5.74) is 2.31. The van der Waals surface area contributed by atoms with Crippen molar-refractivity contribution in [1.82, 2.24) is 28.8 Å². The van der Waals surface area contributed by atoms with Gasteiger partial charge in [-0.15, -0.1) is 0 Å². The van der Waals surface area contributed by atoms with E-state index in [1.807, 2.05) is 23.8 Å². The zero-order valence-corrected chi connectivity index (χ0v) is 16.0. The second-order valence-electron chi connectivity index (χ2n) is 7.16. The van der Waals surface area contributed by atoms with Crippen LogP contribution in [-0.4, -0.2) is 41.9 Å². The molecule has 7 nitrogen and oxygen atoms in total. The smallest absolute Gasteiger partial charge is 0.318 e. The molecule has 0 spiro atoms. The van der Waals surface area contributed by atoms with Crippen LogP contribution in [0.25, 0.3) is 5.69 Å². The van der Waals surface area contributed by atoms with E-state index < -0.39 is 0 Å². The molecule has 1 saturated heterocycles. The van der Waals surface area contributed by atoms with Crippen molar-refractivity contribution in [3.63, 3.8) is 0 Å². The van der Waals surface area contributed by atoms with Crippen LogP contribution in [-0.2, 0) is 20.1 Å². The maximum atomic E-state index is 12.2. The Kier molecular flexibility index (Phi) is 4.94. The molecule has 0 unspecified atom stereocenters. The number of hydrogen-bond donors (Lipinski definition) is 0. The second-order valence-corrected chi connectivity index (χ2v) is 7.16. The Bertz CT molecular complexity index is 955. The summed E-state index contributed by atoms with van der Waals surface area (Å²) in [4.78, 5) is 18.9. The summed E-state index contributed by atoms with van der Waals surface area (Å²) in [7, 11) is 1.74. The summed E-state index contributed by atoms with van der Waals surface area (Å²) in [6.45, 7) is 5.55. The third-order valence-corrected chi connectivity index (χ3v) is 5.37. The van der Waals surface area contributed by atoms with Gasteiger partial charge in [0.15, 0.2) is 0 Å². The highest BCUT2D eigenvalue weighted by Gasteiger charge is 2.27. The van der Waals surface area contributed by atoms with Crippen molar-refractivity contribution in [3.05, 3.63) is 64.9 Å². The molecule has 0 N–H and O–H groups in total. The zero-order chi connectivity index (χ0) is 18.8. The van der Waals surface area contributed by atoms with Crippen LogP contribution >= 0.6 is 0 Å². The van der Waals surface area contributed by atoms with Crippen LogP contribution in [0.1, 0.15) is 37.2 Å². The molecule has 3 aromatic heterocycles. The highest BCUT2D eigenvalue weighted by Crippen LogP contribution is 2.26. The third-order valence-electron chi connectivity index (χ3n) is 5.37. The quantitative estimate of drug-likeness (QED) is 0.694. The topological polar surface area (TPSA) is 60.9 Å². The minimum atomic E-state index is -0.0184. The summed E-state index contributed by atoms with van der Waals surface area (Å²) < 4.78 is 5.47. The van der Waals surface area contributed by atoms with Crippen LogP contribution in [0, 0.1) is 0 Å². The molecule has 0 bridgehead atoms. The van der Waals surface area contributed by atoms with Crippen LogP contribution in [0.15, 0.2) is 47.7 Å². The average molecular weight is 366 g/mol. The lowest BCUT2D eigenvalue weighted by molar-refractivity contribution is 0.191. The van der Waals surface area contributed by atoms with E-state index in [1.54, 1.807) is 13.2 Å². The molecule has 1 aliphatic heterocycles. The molecule has 4 heterocycles. The first-order valence-electron chi connectivity index (χ1n) is 9.60. The molecular weight excluding hydrogens is 340 g/mol. The van der Waals surface area contributed by atoms with Crippen molar-refractivity contribution in [1.29, 1.82) is 0 Å². The minimum absolute atomic E-state index is 0.0184. The van der Waals surface area contributed by atoms with Gasteiger partial charge in [-0.3, -0.25) is 14.5 Å². The molecule has 27 heavy (non-hydrogen) atoms. The molecule has 1 aliphatic rings. The number of likely N-dealkylation sites (tertiary alicyclic amines) is 1. The zero-order valence-electron chi connectivity index (χ0n) is 16.0. The molecule has 0 aliphatic carbocycles. The maximum absolute atomic E-state index is 12.2. The van der Waals surface area contributed by atoms with E-state index in [0.29, 0.717) is 12.5 Å². The van der Waals surface area contributed by atoms with Crippen molar-refractivity contribution in [2.24, 2.45) is 7.05 Å². The minimum Gasteiger partial charge on any atom is -0.318 e. The van der Waals surface area contributed by atoms with Gasteiger partial charge < -0.3 is 4.57 Å². The summed E-state index contributed by atoms with van der Waals surface area (Å²) in [5, 5.41) is 4.53.